The van der Waals surface area contributed by atoms with Gasteiger partial charge in [0.15, 0.2) is 5.65 Å². The minimum atomic E-state index is -0.368. The number of H-pyrrole nitrogens is 1. The molecule has 0 radical (unpaired) electrons. The summed E-state index contributed by atoms with van der Waals surface area (Å²) in [5, 5.41) is 3.67. The van der Waals surface area contributed by atoms with Gasteiger partial charge >= 0.3 is 5.97 Å². The van der Waals surface area contributed by atoms with Gasteiger partial charge in [-0.3, -0.25) is 4.79 Å². The summed E-state index contributed by atoms with van der Waals surface area (Å²) in [4.78, 5) is 26.7. The summed E-state index contributed by atoms with van der Waals surface area (Å²) in [6.45, 7) is 0. The number of rotatable bonds is 5. The fourth-order valence-corrected chi connectivity index (χ4v) is 2.47. The highest BCUT2D eigenvalue weighted by atomic mass is 32.2. The monoisotopic (exact) mass is 267 g/mol. The highest BCUT2D eigenvalue weighted by Crippen LogP contribution is 2.22. The normalized spacial score (nSPS) is 12.6. The zero-order chi connectivity index (χ0) is 13.0. The summed E-state index contributed by atoms with van der Waals surface area (Å²) < 4.78 is 4.70. The first-order chi connectivity index (χ1) is 8.76. The molecule has 0 saturated heterocycles. The van der Waals surface area contributed by atoms with Gasteiger partial charge in [0.05, 0.1) is 13.4 Å². The molecule has 18 heavy (non-hydrogen) atoms. The summed E-state index contributed by atoms with van der Waals surface area (Å²) in [6.07, 6.45) is 3.03. The third-order valence-electron chi connectivity index (χ3n) is 2.41. The second-order valence-electron chi connectivity index (χ2n) is 3.46. The van der Waals surface area contributed by atoms with Gasteiger partial charge in [-0.1, -0.05) is 0 Å². The minimum absolute atomic E-state index is 0.292. The van der Waals surface area contributed by atoms with Crippen molar-refractivity contribution in [1.29, 1.82) is 0 Å². The molecule has 96 valence electrons. The van der Waals surface area contributed by atoms with Crippen LogP contribution < -0.4 is 5.32 Å². The molecule has 0 bridgehead atoms. The number of likely N-dealkylation sites (N-methyl/N-ethyl adjacent to an activating group) is 1. The topological polar surface area (TPSA) is 92.8 Å². The Morgan fingerprint density at radius 1 is 1.56 bits per heavy atom. The third kappa shape index (κ3) is 2.59. The van der Waals surface area contributed by atoms with Crippen LogP contribution in [0.4, 0.5) is 0 Å². The van der Waals surface area contributed by atoms with Crippen molar-refractivity contribution in [3.05, 3.63) is 12.7 Å². The highest BCUT2D eigenvalue weighted by molar-refractivity contribution is 7.99. The molecule has 2 N–H and O–H groups in total. The molecule has 1 unspecified atom stereocenters. The number of hydrogen-bond acceptors (Lipinski definition) is 7. The molecule has 2 aromatic heterocycles. The van der Waals surface area contributed by atoms with Crippen molar-refractivity contribution in [3.63, 3.8) is 0 Å². The van der Waals surface area contributed by atoms with Gasteiger partial charge in [0.2, 0.25) is 0 Å². The molecule has 0 aromatic carbocycles. The number of carbonyl (C=O) groups excluding carboxylic acids is 1. The molecule has 0 aliphatic rings. The fraction of sp³-hybridized carbons (Fsp3) is 0.400. The largest absolute Gasteiger partial charge is 0.468 e. The predicted octanol–water partition coefficient (Wildman–Crippen LogP) is 0.206. The second-order valence-corrected chi connectivity index (χ2v) is 4.46. The van der Waals surface area contributed by atoms with E-state index in [0.717, 1.165) is 10.5 Å². The maximum atomic E-state index is 11.4. The minimum Gasteiger partial charge on any atom is -0.468 e. The van der Waals surface area contributed by atoms with Crippen LogP contribution in [0.3, 0.4) is 0 Å². The van der Waals surface area contributed by atoms with Crippen LogP contribution in [0, 0.1) is 0 Å². The Morgan fingerprint density at radius 3 is 3.11 bits per heavy atom. The highest BCUT2D eigenvalue weighted by Gasteiger charge is 2.18. The van der Waals surface area contributed by atoms with Crippen molar-refractivity contribution < 1.29 is 9.53 Å². The van der Waals surface area contributed by atoms with Crippen molar-refractivity contribution in [2.24, 2.45) is 0 Å². The van der Waals surface area contributed by atoms with Gasteiger partial charge in [0.1, 0.15) is 22.9 Å². The number of hydrogen-bond donors (Lipinski definition) is 2. The molecule has 0 saturated carbocycles. The van der Waals surface area contributed by atoms with Crippen LogP contribution in [-0.2, 0) is 9.53 Å². The number of thioether (sulfide) groups is 1. The maximum Gasteiger partial charge on any atom is 0.323 e. The number of imidazole rings is 1. The molecular formula is C10H13N5O2S. The zero-order valence-electron chi connectivity index (χ0n) is 10.0. The number of carbonyl (C=O) groups is 1. The summed E-state index contributed by atoms with van der Waals surface area (Å²) in [7, 11) is 3.09. The molecule has 0 aliphatic carbocycles. The molecule has 2 rings (SSSR count). The molecule has 7 nitrogen and oxygen atoms in total. The van der Waals surface area contributed by atoms with Crippen LogP contribution in [0.1, 0.15) is 0 Å². The summed E-state index contributed by atoms with van der Waals surface area (Å²) >= 11 is 1.45. The first-order valence-electron chi connectivity index (χ1n) is 5.28. The van der Waals surface area contributed by atoms with Gasteiger partial charge in [-0.15, -0.1) is 11.8 Å². The van der Waals surface area contributed by atoms with E-state index in [-0.39, 0.29) is 12.0 Å². The van der Waals surface area contributed by atoms with E-state index in [1.807, 2.05) is 0 Å². The molecular weight excluding hydrogens is 254 g/mol. The standard InChI is InChI=1S/C10H13N5O2S/c1-11-6(10(16)17-2)3-18-9-7-8(13-4-12-7)14-5-15-9/h4-6,11H,3H2,1-2H3,(H,12,13,14,15). The van der Waals surface area contributed by atoms with Crippen LogP contribution in [0.2, 0.25) is 0 Å². The van der Waals surface area contributed by atoms with Crippen molar-refractivity contribution in [1.82, 2.24) is 25.3 Å². The van der Waals surface area contributed by atoms with Gasteiger partial charge in [0.25, 0.3) is 0 Å². The molecule has 1 atom stereocenters. The van der Waals surface area contributed by atoms with Gasteiger partial charge in [-0.25, -0.2) is 15.0 Å². The SMILES string of the molecule is CNC(CSc1ncnc2nc[nH]c12)C(=O)OC. The van der Waals surface area contributed by atoms with E-state index >= 15 is 0 Å². The van der Waals surface area contributed by atoms with E-state index in [4.69, 9.17) is 4.74 Å². The Bertz CT molecular complexity index is 544. The number of aromatic nitrogens is 4. The van der Waals surface area contributed by atoms with E-state index in [1.165, 1.54) is 25.2 Å². The van der Waals surface area contributed by atoms with Crippen molar-refractivity contribution in [2.75, 3.05) is 19.9 Å². The lowest BCUT2D eigenvalue weighted by atomic mass is 10.3. The smallest absolute Gasteiger partial charge is 0.323 e. The van der Waals surface area contributed by atoms with Crippen LogP contribution >= 0.6 is 11.8 Å². The molecule has 0 fully saturated rings. The van der Waals surface area contributed by atoms with Gasteiger partial charge in [-0.2, -0.15) is 0 Å². The average Bonchev–Trinajstić information content (AvgIpc) is 2.88. The number of esters is 1. The van der Waals surface area contributed by atoms with Crippen LogP contribution in [0.5, 0.6) is 0 Å². The quantitative estimate of drug-likeness (QED) is 0.454. The molecule has 2 aromatic rings. The Balaban J connectivity index is 2.09. The van der Waals surface area contributed by atoms with E-state index < -0.39 is 0 Å². The first kappa shape index (κ1) is 12.8. The summed E-state index contributed by atoms with van der Waals surface area (Å²) in [6, 6.07) is -0.368. The second kappa shape index (κ2) is 5.78. The van der Waals surface area contributed by atoms with E-state index in [9.17, 15) is 4.79 Å². The van der Waals surface area contributed by atoms with E-state index in [2.05, 4.69) is 25.3 Å². The first-order valence-corrected chi connectivity index (χ1v) is 6.26. The third-order valence-corrected chi connectivity index (χ3v) is 3.49. The molecule has 0 spiro atoms. The fourth-order valence-electron chi connectivity index (χ4n) is 1.43. The molecule has 0 amide bonds. The maximum absolute atomic E-state index is 11.4. The lowest BCUT2D eigenvalue weighted by Gasteiger charge is -2.12. The van der Waals surface area contributed by atoms with Gasteiger partial charge in [0, 0.05) is 5.75 Å². The Hall–Kier alpha value is -1.67. The van der Waals surface area contributed by atoms with Crippen LogP contribution in [0.25, 0.3) is 11.2 Å². The van der Waals surface area contributed by atoms with Gasteiger partial charge in [-0.05, 0) is 7.05 Å². The van der Waals surface area contributed by atoms with Crippen molar-refractivity contribution in [2.45, 2.75) is 11.1 Å². The van der Waals surface area contributed by atoms with Gasteiger partial charge < -0.3 is 15.0 Å². The number of aromatic amines is 1. The number of ether oxygens (including phenoxy) is 1. The van der Waals surface area contributed by atoms with Crippen molar-refractivity contribution >= 4 is 28.9 Å². The van der Waals surface area contributed by atoms with E-state index in [0.29, 0.717) is 11.4 Å². The lowest BCUT2D eigenvalue weighted by Crippen LogP contribution is -2.37. The zero-order valence-corrected chi connectivity index (χ0v) is 10.8. The Kier molecular flexibility index (Phi) is 4.11. The van der Waals surface area contributed by atoms with Crippen LogP contribution in [0.15, 0.2) is 17.7 Å². The number of methoxy groups -OCH3 is 1. The Morgan fingerprint density at radius 2 is 2.39 bits per heavy atom. The average molecular weight is 267 g/mol. The molecule has 2 heterocycles. The number of nitrogens with zero attached hydrogens (tertiary/aromatic N) is 3. The predicted molar refractivity (Wildman–Crippen MR) is 67.3 cm³/mol. The summed E-state index contributed by atoms with van der Waals surface area (Å²) in [5.74, 6) is 0.230. The molecule has 0 aliphatic heterocycles. The van der Waals surface area contributed by atoms with Crippen molar-refractivity contribution in [3.8, 4) is 0 Å². The Labute approximate surface area is 108 Å². The summed E-state index contributed by atoms with van der Waals surface area (Å²) in [5.41, 5.74) is 1.40. The molecule has 8 heteroatoms. The number of fused-ring (bicyclic) bond motifs is 1. The lowest BCUT2D eigenvalue weighted by molar-refractivity contribution is -0.142. The number of nitrogens with one attached hydrogen (secondary N) is 2. The van der Waals surface area contributed by atoms with E-state index in [1.54, 1.807) is 13.4 Å². The van der Waals surface area contributed by atoms with Crippen LogP contribution in [-0.4, -0.2) is 51.9 Å².